The number of carbonyl (C=O) groups is 1. The first kappa shape index (κ1) is 9.52. The predicted octanol–water partition coefficient (Wildman–Crippen LogP) is 2.70. The van der Waals surface area contributed by atoms with E-state index in [9.17, 15) is 9.18 Å². The Bertz CT molecular complexity index is 482. The first-order valence-corrected chi connectivity index (χ1v) is 4.47. The van der Waals surface area contributed by atoms with Crippen LogP contribution in [0.5, 0.6) is 0 Å². The summed E-state index contributed by atoms with van der Waals surface area (Å²) in [5, 5.41) is 0. The number of nitrogens with zero attached hydrogens (tertiary/aromatic N) is 1. The number of hydrogen-bond acceptors (Lipinski definition) is 2. The van der Waals surface area contributed by atoms with Gasteiger partial charge in [0.15, 0.2) is 6.29 Å². The van der Waals surface area contributed by atoms with E-state index in [1.165, 1.54) is 6.20 Å². The zero-order valence-corrected chi connectivity index (χ0v) is 7.85. The van der Waals surface area contributed by atoms with Crippen LogP contribution in [0, 0.1) is 5.82 Å². The van der Waals surface area contributed by atoms with Crippen molar-refractivity contribution in [2.45, 2.75) is 0 Å². The highest BCUT2D eigenvalue weighted by Crippen LogP contribution is 2.21. The lowest BCUT2D eigenvalue weighted by Crippen LogP contribution is -1.91. The largest absolute Gasteiger partial charge is 0.296 e. The molecule has 0 radical (unpaired) electrons. The van der Waals surface area contributed by atoms with Gasteiger partial charge in [0.2, 0.25) is 0 Å². The Hall–Kier alpha value is -2.03. The minimum absolute atomic E-state index is 0.104. The van der Waals surface area contributed by atoms with Gasteiger partial charge in [0.1, 0.15) is 11.5 Å². The number of carbonyl (C=O) groups excluding carboxylic acids is 1. The van der Waals surface area contributed by atoms with Crippen LogP contribution in [0.1, 0.15) is 10.5 Å². The second-order valence-corrected chi connectivity index (χ2v) is 3.07. The van der Waals surface area contributed by atoms with Crippen molar-refractivity contribution in [2.75, 3.05) is 0 Å². The van der Waals surface area contributed by atoms with Gasteiger partial charge in [-0.15, -0.1) is 0 Å². The smallest absolute Gasteiger partial charge is 0.168 e. The van der Waals surface area contributed by atoms with Crippen molar-refractivity contribution >= 4 is 6.29 Å². The standard InChI is InChI=1S/C12H8FNO/c13-12-6-10(8-15)14-7-11(12)9-4-2-1-3-5-9/h1-8H. The molecule has 0 aliphatic heterocycles. The van der Waals surface area contributed by atoms with Gasteiger partial charge in [-0.1, -0.05) is 30.3 Å². The Labute approximate surface area is 86.4 Å². The molecule has 2 nitrogen and oxygen atoms in total. The van der Waals surface area contributed by atoms with Gasteiger partial charge in [-0.2, -0.15) is 0 Å². The Kier molecular flexibility index (Phi) is 2.54. The summed E-state index contributed by atoms with van der Waals surface area (Å²) in [4.78, 5) is 14.2. The molecular weight excluding hydrogens is 193 g/mol. The summed E-state index contributed by atoms with van der Waals surface area (Å²) in [6, 6.07) is 10.2. The minimum atomic E-state index is -0.432. The van der Waals surface area contributed by atoms with Gasteiger partial charge in [0.25, 0.3) is 0 Å². The fourth-order valence-corrected chi connectivity index (χ4v) is 1.34. The molecule has 74 valence electrons. The molecule has 1 heterocycles. The molecule has 3 heteroatoms. The van der Waals surface area contributed by atoms with E-state index in [0.29, 0.717) is 11.8 Å². The SMILES string of the molecule is O=Cc1cc(F)c(-c2ccccc2)cn1. The van der Waals surface area contributed by atoms with Crippen molar-refractivity contribution in [3.8, 4) is 11.1 Å². The first-order chi connectivity index (χ1) is 7.31. The molecule has 0 fully saturated rings. The second kappa shape index (κ2) is 4.00. The number of pyridine rings is 1. The molecule has 0 amide bonds. The van der Waals surface area contributed by atoms with Crippen molar-refractivity contribution in [2.24, 2.45) is 0 Å². The van der Waals surface area contributed by atoms with Crippen LogP contribution in [0.4, 0.5) is 4.39 Å². The van der Waals surface area contributed by atoms with E-state index in [2.05, 4.69) is 4.98 Å². The van der Waals surface area contributed by atoms with Crippen molar-refractivity contribution in [3.05, 3.63) is 54.1 Å². The molecule has 2 rings (SSSR count). The van der Waals surface area contributed by atoms with Crippen molar-refractivity contribution < 1.29 is 9.18 Å². The molecule has 1 aromatic heterocycles. The lowest BCUT2D eigenvalue weighted by molar-refractivity contribution is 0.111. The summed E-state index contributed by atoms with van der Waals surface area (Å²) in [5.41, 5.74) is 1.26. The maximum Gasteiger partial charge on any atom is 0.168 e. The molecule has 0 saturated carbocycles. The van der Waals surface area contributed by atoms with E-state index in [0.717, 1.165) is 11.6 Å². The molecule has 2 aromatic rings. The van der Waals surface area contributed by atoms with Gasteiger partial charge in [-0.3, -0.25) is 9.78 Å². The molecule has 0 unspecified atom stereocenters. The molecule has 0 aliphatic carbocycles. The number of hydrogen-bond donors (Lipinski definition) is 0. The summed E-state index contributed by atoms with van der Waals surface area (Å²) < 4.78 is 13.5. The van der Waals surface area contributed by atoms with Gasteiger partial charge < -0.3 is 0 Å². The third-order valence-corrected chi connectivity index (χ3v) is 2.08. The van der Waals surface area contributed by atoms with E-state index in [1.54, 1.807) is 12.1 Å². The van der Waals surface area contributed by atoms with Gasteiger partial charge in [-0.25, -0.2) is 4.39 Å². The fraction of sp³-hybridized carbons (Fsp3) is 0. The third kappa shape index (κ3) is 1.91. The highest BCUT2D eigenvalue weighted by atomic mass is 19.1. The van der Waals surface area contributed by atoms with Crippen LogP contribution in [-0.4, -0.2) is 11.3 Å². The van der Waals surface area contributed by atoms with E-state index in [1.807, 2.05) is 18.2 Å². The topological polar surface area (TPSA) is 30.0 Å². The van der Waals surface area contributed by atoms with Crippen LogP contribution in [0.2, 0.25) is 0 Å². The molecule has 0 atom stereocenters. The summed E-state index contributed by atoms with van der Waals surface area (Å²) in [6.07, 6.45) is 1.90. The second-order valence-electron chi connectivity index (χ2n) is 3.07. The zero-order chi connectivity index (χ0) is 10.7. The Balaban J connectivity index is 2.51. The van der Waals surface area contributed by atoms with Crippen LogP contribution < -0.4 is 0 Å². The molecule has 0 N–H and O–H groups in total. The quantitative estimate of drug-likeness (QED) is 0.699. The number of halogens is 1. The van der Waals surface area contributed by atoms with Gasteiger partial charge >= 0.3 is 0 Å². The van der Waals surface area contributed by atoms with Crippen LogP contribution in [-0.2, 0) is 0 Å². The Morgan fingerprint density at radius 2 is 1.93 bits per heavy atom. The normalized spacial score (nSPS) is 9.93. The van der Waals surface area contributed by atoms with Crippen LogP contribution in [0.25, 0.3) is 11.1 Å². The highest BCUT2D eigenvalue weighted by Gasteiger charge is 2.05. The Morgan fingerprint density at radius 1 is 1.20 bits per heavy atom. The van der Waals surface area contributed by atoms with Crippen LogP contribution >= 0.6 is 0 Å². The van der Waals surface area contributed by atoms with Gasteiger partial charge in [0.05, 0.1) is 0 Å². The lowest BCUT2D eigenvalue weighted by atomic mass is 10.1. The average molecular weight is 201 g/mol. The molecular formula is C12H8FNO. The molecule has 0 saturated heterocycles. The summed E-state index contributed by atoms with van der Waals surface area (Å²) in [5.74, 6) is -0.432. The fourth-order valence-electron chi connectivity index (χ4n) is 1.34. The van der Waals surface area contributed by atoms with Gasteiger partial charge in [-0.05, 0) is 5.56 Å². The number of aromatic nitrogens is 1. The van der Waals surface area contributed by atoms with E-state index >= 15 is 0 Å². The number of benzene rings is 1. The maximum atomic E-state index is 13.5. The number of rotatable bonds is 2. The van der Waals surface area contributed by atoms with E-state index < -0.39 is 5.82 Å². The van der Waals surface area contributed by atoms with Crippen molar-refractivity contribution in [1.29, 1.82) is 0 Å². The van der Waals surface area contributed by atoms with E-state index in [-0.39, 0.29) is 5.69 Å². The van der Waals surface area contributed by atoms with E-state index in [4.69, 9.17) is 0 Å². The molecule has 0 bridgehead atoms. The van der Waals surface area contributed by atoms with Gasteiger partial charge in [0, 0.05) is 17.8 Å². The minimum Gasteiger partial charge on any atom is -0.296 e. The number of aldehydes is 1. The third-order valence-electron chi connectivity index (χ3n) is 2.08. The monoisotopic (exact) mass is 201 g/mol. The zero-order valence-electron chi connectivity index (χ0n) is 7.85. The summed E-state index contributed by atoms with van der Waals surface area (Å²) in [7, 11) is 0. The summed E-state index contributed by atoms with van der Waals surface area (Å²) >= 11 is 0. The summed E-state index contributed by atoms with van der Waals surface area (Å²) in [6.45, 7) is 0. The van der Waals surface area contributed by atoms with Crippen LogP contribution in [0.3, 0.4) is 0 Å². The van der Waals surface area contributed by atoms with Crippen molar-refractivity contribution in [3.63, 3.8) is 0 Å². The van der Waals surface area contributed by atoms with Crippen LogP contribution in [0.15, 0.2) is 42.6 Å². The van der Waals surface area contributed by atoms with Crippen molar-refractivity contribution in [1.82, 2.24) is 4.98 Å². The molecule has 0 spiro atoms. The molecule has 0 aliphatic rings. The maximum absolute atomic E-state index is 13.5. The average Bonchev–Trinajstić information content (AvgIpc) is 2.30. The Morgan fingerprint density at radius 3 is 2.53 bits per heavy atom. The first-order valence-electron chi connectivity index (χ1n) is 4.47. The lowest BCUT2D eigenvalue weighted by Gasteiger charge is -2.02. The highest BCUT2D eigenvalue weighted by molar-refractivity contribution is 5.73. The molecule has 1 aromatic carbocycles. The molecule has 15 heavy (non-hydrogen) atoms. The predicted molar refractivity (Wildman–Crippen MR) is 55.0 cm³/mol.